The quantitative estimate of drug-likeness (QED) is 0.618. The first-order chi connectivity index (χ1) is 8.06. The third kappa shape index (κ3) is 2.51. The lowest BCUT2D eigenvalue weighted by molar-refractivity contribution is -0.386. The molecular formula is C9H6ClN3O4. The van der Waals surface area contributed by atoms with Crippen LogP contribution in [0.5, 0.6) is 11.8 Å². The molecule has 0 aromatic carbocycles. The summed E-state index contributed by atoms with van der Waals surface area (Å²) in [5, 5.41) is 14.4. The summed E-state index contributed by atoms with van der Waals surface area (Å²) in [5.41, 5.74) is -0.335. The van der Waals surface area contributed by atoms with Crippen molar-refractivity contribution in [2.75, 3.05) is 0 Å². The van der Waals surface area contributed by atoms with Crippen molar-refractivity contribution < 1.29 is 14.2 Å². The summed E-state index contributed by atoms with van der Waals surface area (Å²) in [5.74, 6) is 0.435. The van der Waals surface area contributed by atoms with E-state index in [1.54, 1.807) is 6.92 Å². The van der Waals surface area contributed by atoms with Crippen LogP contribution < -0.4 is 4.74 Å². The molecule has 0 radical (unpaired) electrons. The molecule has 8 heteroatoms. The fourth-order valence-corrected chi connectivity index (χ4v) is 1.27. The fraction of sp³-hybridized carbons (Fsp3) is 0.111. The number of halogens is 1. The smallest absolute Gasteiger partial charge is 0.332 e. The molecule has 2 rings (SSSR count). The van der Waals surface area contributed by atoms with Crippen LogP contribution in [0.3, 0.4) is 0 Å². The molecule has 0 N–H and O–H groups in total. The summed E-state index contributed by atoms with van der Waals surface area (Å²) < 4.78 is 9.89. The second-order valence-electron chi connectivity index (χ2n) is 3.11. The summed E-state index contributed by atoms with van der Waals surface area (Å²) in [6.07, 6.45) is 1.25. The first-order valence-electron chi connectivity index (χ1n) is 4.47. The van der Waals surface area contributed by atoms with Gasteiger partial charge >= 0.3 is 11.6 Å². The lowest BCUT2D eigenvalue weighted by Crippen LogP contribution is -1.95. The maximum Gasteiger partial charge on any atom is 0.332 e. The predicted octanol–water partition coefficient (Wildman–Crippen LogP) is 2.73. The number of nitro groups is 1. The number of rotatable bonds is 3. The summed E-state index contributed by atoms with van der Waals surface area (Å²) in [4.78, 5) is 13.8. The van der Waals surface area contributed by atoms with Gasteiger partial charge in [-0.1, -0.05) is 11.6 Å². The summed E-state index contributed by atoms with van der Waals surface area (Å²) >= 11 is 5.61. The van der Waals surface area contributed by atoms with Crippen molar-refractivity contribution in [3.05, 3.63) is 39.2 Å². The Balaban J connectivity index is 2.35. The highest BCUT2D eigenvalue weighted by molar-refractivity contribution is 6.30. The highest BCUT2D eigenvalue weighted by Crippen LogP contribution is 2.30. The Bertz CT molecular complexity index is 569. The van der Waals surface area contributed by atoms with Crippen LogP contribution in [0.4, 0.5) is 5.69 Å². The van der Waals surface area contributed by atoms with Gasteiger partial charge in [0, 0.05) is 12.1 Å². The molecule has 0 saturated heterocycles. The Labute approximate surface area is 100 Å². The van der Waals surface area contributed by atoms with Crippen molar-refractivity contribution >= 4 is 17.3 Å². The SMILES string of the molecule is Cc1cc(Oc2ncc(Cl)cc2[N+](=O)[O-])no1. The summed E-state index contributed by atoms with van der Waals surface area (Å²) in [7, 11) is 0. The van der Waals surface area contributed by atoms with E-state index in [1.165, 1.54) is 12.3 Å². The minimum Gasteiger partial charge on any atom is -0.411 e. The van der Waals surface area contributed by atoms with Gasteiger partial charge in [-0.3, -0.25) is 10.1 Å². The van der Waals surface area contributed by atoms with Crippen LogP contribution in [-0.4, -0.2) is 15.1 Å². The van der Waals surface area contributed by atoms with Crippen LogP contribution in [0.1, 0.15) is 5.76 Å². The van der Waals surface area contributed by atoms with Crippen molar-refractivity contribution in [3.63, 3.8) is 0 Å². The average molecular weight is 256 g/mol. The van der Waals surface area contributed by atoms with E-state index in [-0.39, 0.29) is 22.5 Å². The van der Waals surface area contributed by atoms with Gasteiger partial charge in [0.2, 0.25) is 0 Å². The number of pyridine rings is 1. The Morgan fingerprint density at radius 2 is 2.29 bits per heavy atom. The first-order valence-corrected chi connectivity index (χ1v) is 4.85. The van der Waals surface area contributed by atoms with E-state index in [9.17, 15) is 10.1 Å². The van der Waals surface area contributed by atoms with E-state index < -0.39 is 4.92 Å². The zero-order chi connectivity index (χ0) is 12.4. The molecule has 0 atom stereocenters. The molecule has 17 heavy (non-hydrogen) atoms. The molecule has 0 unspecified atom stereocenters. The molecule has 0 spiro atoms. The zero-order valence-corrected chi connectivity index (χ0v) is 9.34. The second kappa shape index (κ2) is 4.38. The van der Waals surface area contributed by atoms with Gasteiger partial charge in [-0.15, -0.1) is 0 Å². The van der Waals surface area contributed by atoms with Gasteiger partial charge in [0.15, 0.2) is 0 Å². The Kier molecular flexibility index (Phi) is 2.92. The van der Waals surface area contributed by atoms with Gasteiger partial charge in [0.05, 0.1) is 16.1 Å². The zero-order valence-electron chi connectivity index (χ0n) is 8.58. The first kappa shape index (κ1) is 11.3. The van der Waals surface area contributed by atoms with Crippen molar-refractivity contribution in [1.29, 1.82) is 0 Å². The number of hydrogen-bond donors (Lipinski definition) is 0. The van der Waals surface area contributed by atoms with Crippen LogP contribution in [0.2, 0.25) is 5.02 Å². The van der Waals surface area contributed by atoms with E-state index in [0.29, 0.717) is 5.76 Å². The lowest BCUT2D eigenvalue weighted by atomic mass is 10.4. The van der Waals surface area contributed by atoms with Gasteiger partial charge < -0.3 is 9.26 Å². The summed E-state index contributed by atoms with van der Waals surface area (Å²) in [6, 6.07) is 2.64. The molecule has 0 saturated carbocycles. The highest BCUT2D eigenvalue weighted by Gasteiger charge is 2.19. The number of aryl methyl sites for hydroxylation is 1. The van der Waals surface area contributed by atoms with Crippen molar-refractivity contribution in [2.45, 2.75) is 6.92 Å². The van der Waals surface area contributed by atoms with Crippen molar-refractivity contribution in [3.8, 4) is 11.8 Å². The number of aromatic nitrogens is 2. The van der Waals surface area contributed by atoms with Gasteiger partial charge in [0.1, 0.15) is 5.76 Å². The maximum absolute atomic E-state index is 10.8. The molecule has 0 aliphatic carbocycles. The van der Waals surface area contributed by atoms with Crippen LogP contribution in [0.15, 0.2) is 22.9 Å². The van der Waals surface area contributed by atoms with Crippen LogP contribution >= 0.6 is 11.6 Å². The molecule has 0 aliphatic rings. The van der Waals surface area contributed by atoms with E-state index in [0.717, 1.165) is 6.07 Å². The molecule has 0 aliphatic heterocycles. The van der Waals surface area contributed by atoms with Crippen molar-refractivity contribution in [2.24, 2.45) is 0 Å². The van der Waals surface area contributed by atoms with Gasteiger partial charge in [-0.05, 0) is 12.1 Å². The van der Waals surface area contributed by atoms with E-state index in [4.69, 9.17) is 20.9 Å². The number of nitrogens with zero attached hydrogens (tertiary/aromatic N) is 3. The molecule has 88 valence electrons. The normalized spacial score (nSPS) is 10.2. The minimum absolute atomic E-state index is 0.0976. The molecule has 0 amide bonds. The monoisotopic (exact) mass is 255 g/mol. The van der Waals surface area contributed by atoms with Gasteiger partial charge in [-0.2, -0.15) is 0 Å². The standard InChI is InChI=1S/C9H6ClN3O4/c1-5-2-8(12-17-5)16-9-7(13(14)15)3-6(10)4-11-9/h2-4H,1H3. The second-order valence-corrected chi connectivity index (χ2v) is 3.55. The minimum atomic E-state index is -0.638. The van der Waals surface area contributed by atoms with E-state index in [1.807, 2.05) is 0 Å². The molecule has 0 fully saturated rings. The Morgan fingerprint density at radius 1 is 1.53 bits per heavy atom. The molecule has 2 heterocycles. The Hall–Kier alpha value is -2.15. The number of hydrogen-bond acceptors (Lipinski definition) is 6. The topological polar surface area (TPSA) is 91.3 Å². The van der Waals surface area contributed by atoms with Crippen molar-refractivity contribution in [1.82, 2.24) is 10.1 Å². The largest absolute Gasteiger partial charge is 0.411 e. The molecule has 2 aromatic heterocycles. The maximum atomic E-state index is 10.8. The van der Waals surface area contributed by atoms with Crippen LogP contribution in [0.25, 0.3) is 0 Å². The van der Waals surface area contributed by atoms with E-state index >= 15 is 0 Å². The average Bonchev–Trinajstić information content (AvgIpc) is 2.66. The fourth-order valence-electron chi connectivity index (χ4n) is 1.12. The molecule has 0 bridgehead atoms. The summed E-state index contributed by atoms with van der Waals surface area (Å²) in [6.45, 7) is 1.67. The van der Waals surface area contributed by atoms with Gasteiger partial charge in [-0.25, -0.2) is 4.98 Å². The molecular weight excluding hydrogens is 250 g/mol. The van der Waals surface area contributed by atoms with E-state index in [2.05, 4.69) is 10.1 Å². The predicted molar refractivity (Wildman–Crippen MR) is 57.2 cm³/mol. The molecule has 2 aromatic rings. The lowest BCUT2D eigenvalue weighted by Gasteiger charge is -2.01. The van der Waals surface area contributed by atoms with Crippen LogP contribution in [0, 0.1) is 17.0 Å². The Morgan fingerprint density at radius 3 is 2.88 bits per heavy atom. The third-order valence-electron chi connectivity index (χ3n) is 1.80. The van der Waals surface area contributed by atoms with Gasteiger partial charge in [0.25, 0.3) is 5.88 Å². The third-order valence-corrected chi connectivity index (χ3v) is 2.01. The van der Waals surface area contributed by atoms with Crippen LogP contribution in [-0.2, 0) is 0 Å². The number of ether oxygens (including phenoxy) is 1. The highest BCUT2D eigenvalue weighted by atomic mass is 35.5. The molecule has 7 nitrogen and oxygen atoms in total.